The number of hydrogen-bond acceptors (Lipinski definition) is 3. The summed E-state index contributed by atoms with van der Waals surface area (Å²) in [4.78, 5) is 14.3. The molecule has 1 fully saturated rings. The monoisotopic (exact) mass is 316 g/mol. The predicted molar refractivity (Wildman–Crippen MR) is 95.2 cm³/mol. The number of nitrogens with two attached hydrogens (primary N) is 1. The molecule has 2 atom stereocenters. The number of hydrogen-bond donors (Lipinski definition) is 1. The van der Waals surface area contributed by atoms with Gasteiger partial charge in [-0.1, -0.05) is 26.8 Å². The Bertz CT molecular complexity index is 558. The molecule has 2 N–H and O–H groups in total. The highest BCUT2D eigenvalue weighted by Gasteiger charge is 2.23. The molecule has 2 unspecified atom stereocenters. The Kier molecular flexibility index (Phi) is 6.08. The Morgan fingerprint density at radius 2 is 2.04 bits per heavy atom. The van der Waals surface area contributed by atoms with Crippen molar-refractivity contribution in [3.8, 4) is 5.75 Å². The minimum Gasteiger partial charge on any atom is -0.491 e. The molecule has 1 heterocycles. The van der Waals surface area contributed by atoms with Gasteiger partial charge in [-0.3, -0.25) is 4.79 Å². The van der Waals surface area contributed by atoms with Crippen molar-refractivity contribution >= 4 is 17.7 Å². The number of nitrogens with zero attached hydrogens (tertiary/aromatic N) is 1. The van der Waals surface area contributed by atoms with E-state index < -0.39 is 0 Å². The summed E-state index contributed by atoms with van der Waals surface area (Å²) in [5.41, 5.74) is 7.51. The minimum atomic E-state index is 0.0771. The molecule has 4 nitrogen and oxygen atoms in total. The summed E-state index contributed by atoms with van der Waals surface area (Å²) in [6, 6.07) is 5.63. The number of likely N-dealkylation sites (tertiary alicyclic amines) is 1. The van der Waals surface area contributed by atoms with Gasteiger partial charge in [-0.2, -0.15) is 0 Å². The van der Waals surface area contributed by atoms with Gasteiger partial charge in [0.1, 0.15) is 5.75 Å². The van der Waals surface area contributed by atoms with Crippen LogP contribution >= 0.6 is 0 Å². The van der Waals surface area contributed by atoms with Crippen molar-refractivity contribution in [1.29, 1.82) is 0 Å². The summed E-state index contributed by atoms with van der Waals surface area (Å²) in [6.45, 7) is 8.81. The lowest BCUT2D eigenvalue weighted by molar-refractivity contribution is -0.128. The van der Waals surface area contributed by atoms with E-state index in [-0.39, 0.29) is 5.91 Å². The Balaban J connectivity index is 1.99. The molecule has 1 saturated heterocycles. The number of nitrogen functional groups attached to an aromatic ring is 1. The third-order valence-corrected chi connectivity index (χ3v) is 4.09. The number of carbonyl (C=O) groups excluding carboxylic acids is 1. The van der Waals surface area contributed by atoms with Crippen LogP contribution in [0.3, 0.4) is 0 Å². The molecule has 1 aliphatic heterocycles. The number of amides is 1. The first-order chi connectivity index (χ1) is 11.0. The van der Waals surface area contributed by atoms with E-state index in [1.54, 1.807) is 6.08 Å². The van der Waals surface area contributed by atoms with Gasteiger partial charge in [0, 0.05) is 19.2 Å². The molecule has 1 aromatic rings. The fourth-order valence-electron chi connectivity index (χ4n) is 3.13. The molecule has 0 radical (unpaired) electrons. The number of ether oxygens (including phenoxy) is 1. The van der Waals surface area contributed by atoms with Crippen LogP contribution in [-0.4, -0.2) is 30.5 Å². The smallest absolute Gasteiger partial charge is 0.246 e. The first-order valence-electron chi connectivity index (χ1n) is 8.49. The van der Waals surface area contributed by atoms with E-state index in [2.05, 4.69) is 20.8 Å². The average Bonchev–Trinajstić information content (AvgIpc) is 2.50. The molecule has 0 aliphatic carbocycles. The molecular formula is C19H28N2O2. The molecule has 2 rings (SSSR count). The maximum atomic E-state index is 12.3. The number of piperidine rings is 1. The van der Waals surface area contributed by atoms with Crippen LogP contribution in [0.15, 0.2) is 24.3 Å². The zero-order valence-electron chi connectivity index (χ0n) is 14.4. The topological polar surface area (TPSA) is 55.6 Å². The number of benzene rings is 1. The summed E-state index contributed by atoms with van der Waals surface area (Å²) >= 11 is 0. The Morgan fingerprint density at radius 1 is 1.35 bits per heavy atom. The standard InChI is InChI=1S/C19H28N2O2/c1-4-9-23-18-7-5-16(11-17(18)20)6-8-19(22)21-12-14(2)10-15(3)13-21/h5-8,11,14-15H,4,9-10,12-13,20H2,1-3H3/b8-6-. The number of anilines is 1. The van der Waals surface area contributed by atoms with Crippen molar-refractivity contribution in [3.05, 3.63) is 29.8 Å². The normalized spacial score (nSPS) is 21.6. The van der Waals surface area contributed by atoms with Gasteiger partial charge in [-0.15, -0.1) is 0 Å². The lowest BCUT2D eigenvalue weighted by Crippen LogP contribution is -2.41. The van der Waals surface area contributed by atoms with Crippen LogP contribution in [0.25, 0.3) is 6.08 Å². The fourth-order valence-corrected chi connectivity index (χ4v) is 3.13. The van der Waals surface area contributed by atoms with Crippen molar-refractivity contribution in [2.45, 2.75) is 33.6 Å². The highest BCUT2D eigenvalue weighted by atomic mass is 16.5. The Morgan fingerprint density at radius 3 is 2.65 bits per heavy atom. The molecule has 0 spiro atoms. The molecule has 126 valence electrons. The lowest BCUT2D eigenvalue weighted by atomic mass is 9.92. The van der Waals surface area contributed by atoms with Gasteiger partial charge in [0.15, 0.2) is 0 Å². The van der Waals surface area contributed by atoms with Gasteiger partial charge < -0.3 is 15.4 Å². The minimum absolute atomic E-state index is 0.0771. The van der Waals surface area contributed by atoms with Gasteiger partial charge in [0.2, 0.25) is 5.91 Å². The van der Waals surface area contributed by atoms with E-state index in [1.165, 1.54) is 6.42 Å². The number of rotatable bonds is 5. The molecule has 4 heteroatoms. The van der Waals surface area contributed by atoms with Crippen LogP contribution in [0, 0.1) is 11.8 Å². The Hall–Kier alpha value is -1.97. The van der Waals surface area contributed by atoms with Crippen molar-refractivity contribution in [2.75, 3.05) is 25.4 Å². The van der Waals surface area contributed by atoms with Crippen LogP contribution in [0.1, 0.15) is 39.2 Å². The second-order valence-electron chi connectivity index (χ2n) is 6.67. The second kappa shape index (κ2) is 8.04. The van der Waals surface area contributed by atoms with E-state index in [9.17, 15) is 4.79 Å². The Labute approximate surface area is 139 Å². The maximum Gasteiger partial charge on any atom is 0.246 e. The van der Waals surface area contributed by atoms with E-state index in [1.807, 2.05) is 29.2 Å². The molecule has 1 aliphatic rings. The first kappa shape index (κ1) is 17.4. The van der Waals surface area contributed by atoms with Crippen LogP contribution in [0.2, 0.25) is 0 Å². The highest BCUT2D eigenvalue weighted by molar-refractivity contribution is 5.92. The zero-order valence-corrected chi connectivity index (χ0v) is 14.4. The third kappa shape index (κ3) is 5.02. The fraction of sp³-hybridized carbons (Fsp3) is 0.526. The van der Waals surface area contributed by atoms with Crippen molar-refractivity contribution in [2.24, 2.45) is 11.8 Å². The summed E-state index contributed by atoms with van der Waals surface area (Å²) in [5, 5.41) is 0. The second-order valence-corrected chi connectivity index (χ2v) is 6.67. The third-order valence-electron chi connectivity index (χ3n) is 4.09. The van der Waals surface area contributed by atoms with E-state index >= 15 is 0 Å². The van der Waals surface area contributed by atoms with Crippen LogP contribution in [0.4, 0.5) is 5.69 Å². The summed E-state index contributed by atoms with van der Waals surface area (Å²) in [7, 11) is 0. The molecule has 0 saturated carbocycles. The van der Waals surface area contributed by atoms with Crippen molar-refractivity contribution in [3.63, 3.8) is 0 Å². The van der Waals surface area contributed by atoms with Crippen molar-refractivity contribution < 1.29 is 9.53 Å². The zero-order chi connectivity index (χ0) is 16.8. The van der Waals surface area contributed by atoms with Gasteiger partial charge in [0.25, 0.3) is 0 Å². The first-order valence-corrected chi connectivity index (χ1v) is 8.49. The summed E-state index contributed by atoms with van der Waals surface area (Å²) < 4.78 is 5.56. The molecule has 0 aromatic heterocycles. The SMILES string of the molecule is CCCOc1ccc(/C=C\C(=O)N2CC(C)CC(C)C2)cc1N. The lowest BCUT2D eigenvalue weighted by Gasteiger charge is -2.34. The molecule has 1 aromatic carbocycles. The molecule has 0 bridgehead atoms. The largest absolute Gasteiger partial charge is 0.491 e. The van der Waals surface area contributed by atoms with Gasteiger partial charge in [-0.25, -0.2) is 0 Å². The van der Waals surface area contributed by atoms with Gasteiger partial charge in [-0.05, 0) is 48.4 Å². The molecular weight excluding hydrogens is 288 g/mol. The highest BCUT2D eigenvalue weighted by Crippen LogP contribution is 2.24. The van der Waals surface area contributed by atoms with E-state index in [0.29, 0.717) is 29.9 Å². The predicted octanol–water partition coefficient (Wildman–Crippen LogP) is 3.58. The molecule has 23 heavy (non-hydrogen) atoms. The number of carbonyl (C=O) groups is 1. The average molecular weight is 316 g/mol. The van der Waals surface area contributed by atoms with Crippen LogP contribution in [0.5, 0.6) is 5.75 Å². The molecule has 1 amide bonds. The quantitative estimate of drug-likeness (QED) is 0.667. The van der Waals surface area contributed by atoms with Gasteiger partial charge >= 0.3 is 0 Å². The maximum absolute atomic E-state index is 12.3. The summed E-state index contributed by atoms with van der Waals surface area (Å²) in [6.07, 6.45) is 5.61. The van der Waals surface area contributed by atoms with Gasteiger partial charge in [0.05, 0.1) is 12.3 Å². The van der Waals surface area contributed by atoms with Crippen LogP contribution in [-0.2, 0) is 4.79 Å². The van der Waals surface area contributed by atoms with Crippen LogP contribution < -0.4 is 10.5 Å². The van der Waals surface area contributed by atoms with E-state index in [0.717, 1.165) is 25.1 Å². The summed E-state index contributed by atoms with van der Waals surface area (Å²) in [5.74, 6) is 1.92. The van der Waals surface area contributed by atoms with E-state index in [4.69, 9.17) is 10.5 Å². The van der Waals surface area contributed by atoms with Crippen molar-refractivity contribution in [1.82, 2.24) is 4.90 Å².